The predicted molar refractivity (Wildman–Crippen MR) is 90.6 cm³/mol. The molecule has 0 spiro atoms. The number of aromatic nitrogens is 2. The van der Waals surface area contributed by atoms with E-state index in [2.05, 4.69) is 20.4 Å². The first-order valence-electron chi connectivity index (χ1n) is 7.55. The predicted octanol–water partition coefficient (Wildman–Crippen LogP) is 1.98. The maximum absolute atomic E-state index is 11.9. The van der Waals surface area contributed by atoms with Crippen molar-refractivity contribution in [1.82, 2.24) is 10.2 Å². The van der Waals surface area contributed by atoms with E-state index in [9.17, 15) is 4.79 Å². The van der Waals surface area contributed by atoms with Gasteiger partial charge >= 0.3 is 0 Å². The van der Waals surface area contributed by atoms with Crippen molar-refractivity contribution in [2.24, 2.45) is 0 Å². The smallest absolute Gasteiger partial charge is 0.263 e. The van der Waals surface area contributed by atoms with E-state index in [1.807, 2.05) is 6.07 Å². The number of nitrogens with one attached hydrogen (secondary N) is 1. The van der Waals surface area contributed by atoms with Gasteiger partial charge in [-0.05, 0) is 36.4 Å². The first kappa shape index (κ1) is 16.5. The number of hydrogen-bond donors (Lipinski definition) is 1. The summed E-state index contributed by atoms with van der Waals surface area (Å²) in [5.41, 5.74) is 0. The molecular weight excluding hydrogens is 332 g/mol. The average molecular weight is 349 g/mol. The molecule has 1 N–H and O–H groups in total. The van der Waals surface area contributed by atoms with Gasteiger partial charge in [0.1, 0.15) is 5.75 Å². The largest absolute Gasteiger partial charge is 0.484 e. The lowest BCUT2D eigenvalue weighted by molar-refractivity contribution is -0.118. The molecule has 2 aromatic rings. The summed E-state index contributed by atoms with van der Waals surface area (Å²) < 4.78 is 10.7. The van der Waals surface area contributed by atoms with Crippen LogP contribution in [0.3, 0.4) is 0 Å². The molecule has 1 fully saturated rings. The summed E-state index contributed by atoms with van der Waals surface area (Å²) in [6.07, 6.45) is 0. The van der Waals surface area contributed by atoms with Gasteiger partial charge in [0.15, 0.2) is 18.2 Å². The second-order valence-electron chi connectivity index (χ2n) is 5.17. The van der Waals surface area contributed by atoms with E-state index in [-0.39, 0.29) is 12.5 Å². The second kappa shape index (κ2) is 7.94. The maximum Gasteiger partial charge on any atom is 0.263 e. The van der Waals surface area contributed by atoms with Crippen molar-refractivity contribution in [3.05, 3.63) is 41.4 Å². The lowest BCUT2D eigenvalue weighted by atomic mass is 10.3. The fourth-order valence-electron chi connectivity index (χ4n) is 2.21. The highest BCUT2D eigenvalue weighted by Gasteiger charge is 2.13. The second-order valence-corrected chi connectivity index (χ2v) is 5.60. The number of ether oxygens (including phenoxy) is 2. The fraction of sp³-hybridized carbons (Fsp3) is 0.312. The number of carbonyl (C=O) groups is 1. The van der Waals surface area contributed by atoms with Crippen LogP contribution in [0.2, 0.25) is 5.02 Å². The van der Waals surface area contributed by atoms with Crippen LogP contribution in [0, 0.1) is 0 Å². The van der Waals surface area contributed by atoms with E-state index in [4.69, 9.17) is 21.1 Å². The Balaban J connectivity index is 1.49. The molecule has 1 saturated heterocycles. The zero-order valence-corrected chi connectivity index (χ0v) is 13.7. The third kappa shape index (κ3) is 4.56. The Morgan fingerprint density at radius 2 is 1.92 bits per heavy atom. The van der Waals surface area contributed by atoms with E-state index < -0.39 is 0 Å². The molecular formula is C16H17ClN4O3. The van der Waals surface area contributed by atoms with Gasteiger partial charge in [0.05, 0.1) is 13.2 Å². The minimum Gasteiger partial charge on any atom is -0.484 e. The molecule has 1 aromatic heterocycles. The molecule has 1 amide bonds. The normalized spacial score (nSPS) is 14.3. The molecule has 24 heavy (non-hydrogen) atoms. The van der Waals surface area contributed by atoms with E-state index in [0.717, 1.165) is 18.9 Å². The summed E-state index contributed by atoms with van der Waals surface area (Å²) in [5, 5.41) is 11.4. The fourth-order valence-corrected chi connectivity index (χ4v) is 2.34. The van der Waals surface area contributed by atoms with Crippen LogP contribution < -0.4 is 15.0 Å². The summed E-state index contributed by atoms with van der Waals surface area (Å²) in [6.45, 7) is 2.82. The summed E-state index contributed by atoms with van der Waals surface area (Å²) in [4.78, 5) is 14.0. The van der Waals surface area contributed by atoms with Crippen molar-refractivity contribution in [2.45, 2.75) is 0 Å². The molecule has 0 bridgehead atoms. The lowest BCUT2D eigenvalue weighted by Gasteiger charge is -2.27. The molecule has 1 aromatic carbocycles. The van der Waals surface area contributed by atoms with Crippen LogP contribution in [0.5, 0.6) is 5.75 Å². The average Bonchev–Trinajstić information content (AvgIpc) is 2.63. The van der Waals surface area contributed by atoms with Gasteiger partial charge in [0.2, 0.25) is 0 Å². The molecule has 0 atom stereocenters. The number of nitrogens with zero attached hydrogens (tertiary/aromatic N) is 3. The van der Waals surface area contributed by atoms with Crippen LogP contribution in [0.25, 0.3) is 0 Å². The molecule has 0 saturated carbocycles. The van der Waals surface area contributed by atoms with Gasteiger partial charge in [-0.3, -0.25) is 4.79 Å². The van der Waals surface area contributed by atoms with Gasteiger partial charge in [-0.15, -0.1) is 10.2 Å². The van der Waals surface area contributed by atoms with Crippen molar-refractivity contribution in [3.63, 3.8) is 0 Å². The lowest BCUT2D eigenvalue weighted by Crippen LogP contribution is -2.36. The Morgan fingerprint density at radius 1 is 1.17 bits per heavy atom. The number of amides is 1. The van der Waals surface area contributed by atoms with E-state index >= 15 is 0 Å². The summed E-state index contributed by atoms with van der Waals surface area (Å²) in [6, 6.07) is 10.3. The molecule has 1 aliphatic rings. The quantitative estimate of drug-likeness (QED) is 0.890. The summed E-state index contributed by atoms with van der Waals surface area (Å²) in [7, 11) is 0. The van der Waals surface area contributed by atoms with E-state index in [1.54, 1.807) is 30.3 Å². The SMILES string of the molecule is O=C(COc1ccc(Cl)cc1)Nc1ccc(N2CCOCC2)nn1. The number of benzene rings is 1. The van der Waals surface area contributed by atoms with Crippen molar-refractivity contribution in [2.75, 3.05) is 43.1 Å². The van der Waals surface area contributed by atoms with E-state index in [0.29, 0.717) is 29.8 Å². The number of carbonyl (C=O) groups excluding carboxylic acids is 1. The number of anilines is 2. The highest BCUT2D eigenvalue weighted by atomic mass is 35.5. The Morgan fingerprint density at radius 3 is 2.58 bits per heavy atom. The summed E-state index contributed by atoms with van der Waals surface area (Å²) in [5.74, 6) is 1.42. The monoisotopic (exact) mass is 348 g/mol. The van der Waals surface area contributed by atoms with Crippen LogP contribution in [0.4, 0.5) is 11.6 Å². The molecule has 2 heterocycles. The van der Waals surface area contributed by atoms with Gasteiger partial charge in [0, 0.05) is 18.1 Å². The first-order valence-corrected chi connectivity index (χ1v) is 7.93. The Labute approximate surface area is 144 Å². The van der Waals surface area contributed by atoms with Crippen LogP contribution in [0.15, 0.2) is 36.4 Å². The topological polar surface area (TPSA) is 76.6 Å². The number of halogens is 1. The molecule has 3 rings (SSSR count). The van der Waals surface area contributed by atoms with Crippen LogP contribution >= 0.6 is 11.6 Å². The van der Waals surface area contributed by atoms with Gasteiger partial charge < -0.3 is 19.7 Å². The van der Waals surface area contributed by atoms with Crippen LogP contribution in [0.1, 0.15) is 0 Å². The van der Waals surface area contributed by atoms with Gasteiger partial charge in [-0.25, -0.2) is 0 Å². The molecule has 126 valence electrons. The van der Waals surface area contributed by atoms with Crippen LogP contribution in [-0.2, 0) is 9.53 Å². The van der Waals surface area contributed by atoms with Gasteiger partial charge in [0.25, 0.3) is 5.91 Å². The number of hydrogen-bond acceptors (Lipinski definition) is 6. The van der Waals surface area contributed by atoms with Gasteiger partial charge in [-0.2, -0.15) is 0 Å². The minimum atomic E-state index is -0.307. The van der Waals surface area contributed by atoms with Crippen molar-refractivity contribution < 1.29 is 14.3 Å². The Hall–Kier alpha value is -2.38. The summed E-state index contributed by atoms with van der Waals surface area (Å²) >= 11 is 5.79. The zero-order valence-electron chi connectivity index (χ0n) is 12.9. The molecule has 0 unspecified atom stereocenters. The molecule has 1 aliphatic heterocycles. The standard InChI is InChI=1S/C16H17ClN4O3/c17-12-1-3-13(4-2-12)24-11-16(22)18-14-5-6-15(20-19-14)21-7-9-23-10-8-21/h1-6H,7-11H2,(H,18,19,22). The van der Waals surface area contributed by atoms with Crippen molar-refractivity contribution in [1.29, 1.82) is 0 Å². The van der Waals surface area contributed by atoms with Crippen molar-refractivity contribution in [3.8, 4) is 5.75 Å². The molecule has 0 aliphatic carbocycles. The van der Waals surface area contributed by atoms with Crippen molar-refractivity contribution >= 4 is 29.1 Å². The molecule has 8 heteroatoms. The third-order valence-corrected chi connectivity index (χ3v) is 3.69. The first-order chi connectivity index (χ1) is 11.7. The third-order valence-electron chi connectivity index (χ3n) is 3.44. The minimum absolute atomic E-state index is 0.117. The Kier molecular flexibility index (Phi) is 5.45. The van der Waals surface area contributed by atoms with Crippen LogP contribution in [-0.4, -0.2) is 49.0 Å². The number of rotatable bonds is 5. The Bertz CT molecular complexity index is 673. The van der Waals surface area contributed by atoms with Gasteiger partial charge in [-0.1, -0.05) is 11.6 Å². The molecule has 7 nitrogen and oxygen atoms in total. The maximum atomic E-state index is 11.9. The molecule has 0 radical (unpaired) electrons. The number of morpholine rings is 1. The zero-order chi connectivity index (χ0) is 16.8. The highest BCUT2D eigenvalue weighted by molar-refractivity contribution is 6.30. The van der Waals surface area contributed by atoms with E-state index in [1.165, 1.54) is 0 Å². The highest BCUT2D eigenvalue weighted by Crippen LogP contribution is 2.16.